The van der Waals surface area contributed by atoms with E-state index in [1.54, 1.807) is 6.07 Å². The van der Waals surface area contributed by atoms with Crippen molar-refractivity contribution in [3.63, 3.8) is 0 Å². The molecule has 0 unspecified atom stereocenters. The highest BCUT2D eigenvalue weighted by molar-refractivity contribution is 5.80. The van der Waals surface area contributed by atoms with Crippen LogP contribution in [0.4, 0.5) is 0 Å². The smallest absolute Gasteiger partial charge is 0.306 e. The number of carboxylic acid groups (broad SMARTS) is 1. The largest absolute Gasteiger partial charge is 0.481 e. The summed E-state index contributed by atoms with van der Waals surface area (Å²) in [5, 5.41) is 15.5. The lowest BCUT2D eigenvalue weighted by atomic mass is 9.81. The number of carboxylic acids is 1. The molecule has 0 radical (unpaired) electrons. The number of rotatable bonds is 4. The number of aromatic nitrogens is 1. The second-order valence-electron chi connectivity index (χ2n) is 5.05. The van der Waals surface area contributed by atoms with Crippen molar-refractivity contribution < 1.29 is 19.2 Å². The third kappa shape index (κ3) is 3.56. The molecule has 1 heterocycles. The second kappa shape index (κ2) is 5.86. The number of aryl methyl sites for hydroxylation is 1. The van der Waals surface area contributed by atoms with E-state index in [9.17, 15) is 9.59 Å². The highest BCUT2D eigenvalue weighted by Crippen LogP contribution is 2.29. The van der Waals surface area contributed by atoms with Crippen LogP contribution in [0.3, 0.4) is 0 Å². The van der Waals surface area contributed by atoms with Gasteiger partial charge in [0.2, 0.25) is 5.91 Å². The van der Waals surface area contributed by atoms with Crippen molar-refractivity contribution >= 4 is 11.9 Å². The minimum absolute atomic E-state index is 0.0972. The lowest BCUT2D eigenvalue weighted by Gasteiger charge is -2.25. The van der Waals surface area contributed by atoms with Crippen molar-refractivity contribution in [2.24, 2.45) is 11.8 Å². The molecule has 0 aliphatic heterocycles. The van der Waals surface area contributed by atoms with Gasteiger partial charge in [0.15, 0.2) is 5.76 Å². The van der Waals surface area contributed by atoms with E-state index in [1.807, 2.05) is 6.92 Å². The number of nitrogens with one attached hydrogen (secondary N) is 1. The first-order chi connectivity index (χ1) is 9.06. The summed E-state index contributed by atoms with van der Waals surface area (Å²) in [6.45, 7) is 2.11. The lowest BCUT2D eigenvalue weighted by molar-refractivity contribution is -0.144. The zero-order chi connectivity index (χ0) is 13.8. The van der Waals surface area contributed by atoms with E-state index in [2.05, 4.69) is 10.5 Å². The zero-order valence-corrected chi connectivity index (χ0v) is 10.9. The normalized spacial score (nSPS) is 23.0. The van der Waals surface area contributed by atoms with Crippen molar-refractivity contribution in [1.82, 2.24) is 10.5 Å². The minimum Gasteiger partial charge on any atom is -0.481 e. The Hall–Kier alpha value is -1.85. The number of hydrogen-bond acceptors (Lipinski definition) is 4. The fraction of sp³-hybridized carbons (Fsp3) is 0.615. The fourth-order valence-corrected chi connectivity index (χ4v) is 2.47. The van der Waals surface area contributed by atoms with Gasteiger partial charge in [-0.3, -0.25) is 9.59 Å². The van der Waals surface area contributed by atoms with Gasteiger partial charge in [-0.25, -0.2) is 0 Å². The number of nitrogens with zero attached hydrogens (tertiary/aromatic N) is 1. The Labute approximate surface area is 111 Å². The molecule has 0 bridgehead atoms. The first-order valence-corrected chi connectivity index (χ1v) is 6.49. The molecule has 1 aromatic heterocycles. The van der Waals surface area contributed by atoms with E-state index in [0.29, 0.717) is 25.1 Å². The molecule has 6 nitrogen and oxygen atoms in total. The Kier molecular flexibility index (Phi) is 4.19. The molecule has 19 heavy (non-hydrogen) atoms. The molecule has 104 valence electrons. The van der Waals surface area contributed by atoms with Gasteiger partial charge in [0.25, 0.3) is 0 Å². The topological polar surface area (TPSA) is 92.4 Å². The van der Waals surface area contributed by atoms with E-state index in [0.717, 1.165) is 18.5 Å². The Morgan fingerprint density at radius 2 is 2.21 bits per heavy atom. The Bertz CT molecular complexity index is 469. The van der Waals surface area contributed by atoms with Crippen LogP contribution in [0.25, 0.3) is 0 Å². The number of hydrogen-bond donors (Lipinski definition) is 2. The van der Waals surface area contributed by atoms with E-state index in [-0.39, 0.29) is 11.8 Å². The standard InChI is InChI=1S/C13H18N2O4/c1-8-5-11(19-15-8)7-14-12(16)9-3-2-4-10(6-9)13(17)18/h5,9-10H,2-4,6-7H2,1H3,(H,14,16)(H,17,18)/t9-,10-/m0/s1. The highest BCUT2D eigenvalue weighted by Gasteiger charge is 2.30. The van der Waals surface area contributed by atoms with Gasteiger partial charge in [0.05, 0.1) is 18.2 Å². The fourth-order valence-electron chi connectivity index (χ4n) is 2.47. The van der Waals surface area contributed by atoms with Crippen molar-refractivity contribution in [2.75, 3.05) is 0 Å². The maximum atomic E-state index is 12.0. The molecule has 1 saturated carbocycles. The predicted octanol–water partition coefficient (Wildman–Crippen LogP) is 1.49. The maximum absolute atomic E-state index is 12.0. The van der Waals surface area contributed by atoms with Gasteiger partial charge in [0.1, 0.15) is 0 Å². The van der Waals surface area contributed by atoms with E-state index in [4.69, 9.17) is 9.63 Å². The minimum atomic E-state index is -0.802. The van der Waals surface area contributed by atoms with E-state index in [1.165, 1.54) is 0 Å². The van der Waals surface area contributed by atoms with Gasteiger partial charge < -0.3 is 14.9 Å². The Balaban J connectivity index is 1.84. The molecule has 1 aliphatic carbocycles. The van der Waals surface area contributed by atoms with Crippen LogP contribution in [0, 0.1) is 18.8 Å². The van der Waals surface area contributed by atoms with Crippen LogP contribution in [-0.2, 0) is 16.1 Å². The maximum Gasteiger partial charge on any atom is 0.306 e. The summed E-state index contributed by atoms with van der Waals surface area (Å²) in [6, 6.07) is 1.77. The number of carbonyl (C=O) groups is 2. The molecule has 1 fully saturated rings. The van der Waals surface area contributed by atoms with Crippen LogP contribution < -0.4 is 5.32 Å². The predicted molar refractivity (Wildman–Crippen MR) is 66.2 cm³/mol. The van der Waals surface area contributed by atoms with Gasteiger partial charge in [-0.15, -0.1) is 0 Å². The van der Waals surface area contributed by atoms with Crippen LogP contribution in [0.1, 0.15) is 37.1 Å². The molecular formula is C13H18N2O4. The lowest BCUT2D eigenvalue weighted by Crippen LogP contribution is -2.35. The van der Waals surface area contributed by atoms with Crippen LogP contribution >= 0.6 is 0 Å². The summed E-state index contributed by atoms with van der Waals surface area (Å²) in [4.78, 5) is 22.9. The summed E-state index contributed by atoms with van der Waals surface area (Å²) >= 11 is 0. The monoisotopic (exact) mass is 266 g/mol. The van der Waals surface area contributed by atoms with Gasteiger partial charge in [-0.1, -0.05) is 11.6 Å². The molecule has 6 heteroatoms. The van der Waals surface area contributed by atoms with E-state index < -0.39 is 11.9 Å². The van der Waals surface area contributed by atoms with Crippen molar-refractivity contribution in [3.05, 3.63) is 17.5 Å². The number of carbonyl (C=O) groups excluding carboxylic acids is 1. The van der Waals surface area contributed by atoms with Crippen LogP contribution in [-0.4, -0.2) is 22.1 Å². The molecule has 0 saturated heterocycles. The molecule has 2 atom stereocenters. The van der Waals surface area contributed by atoms with Gasteiger partial charge in [-0.2, -0.15) is 0 Å². The van der Waals surface area contributed by atoms with Crippen LogP contribution in [0.15, 0.2) is 10.6 Å². The zero-order valence-electron chi connectivity index (χ0n) is 10.9. The molecule has 0 spiro atoms. The van der Waals surface area contributed by atoms with Crippen molar-refractivity contribution in [3.8, 4) is 0 Å². The molecule has 2 rings (SSSR count). The van der Waals surface area contributed by atoms with Crippen molar-refractivity contribution in [1.29, 1.82) is 0 Å². The quantitative estimate of drug-likeness (QED) is 0.861. The number of amides is 1. The van der Waals surface area contributed by atoms with Crippen LogP contribution in [0.5, 0.6) is 0 Å². The summed E-state index contributed by atoms with van der Waals surface area (Å²) < 4.78 is 5.00. The summed E-state index contributed by atoms with van der Waals surface area (Å²) in [5.41, 5.74) is 0.771. The Morgan fingerprint density at radius 3 is 2.84 bits per heavy atom. The summed E-state index contributed by atoms with van der Waals surface area (Å²) in [6.07, 6.45) is 2.64. The first kappa shape index (κ1) is 13.6. The molecular weight excluding hydrogens is 248 g/mol. The molecule has 1 aromatic rings. The molecule has 1 amide bonds. The third-order valence-corrected chi connectivity index (χ3v) is 3.51. The first-order valence-electron chi connectivity index (χ1n) is 6.49. The van der Waals surface area contributed by atoms with Gasteiger partial charge in [-0.05, 0) is 26.2 Å². The summed E-state index contributed by atoms with van der Waals surface area (Å²) in [5.74, 6) is -0.893. The molecule has 0 aromatic carbocycles. The molecule has 1 aliphatic rings. The second-order valence-corrected chi connectivity index (χ2v) is 5.05. The average molecular weight is 266 g/mol. The summed E-state index contributed by atoms with van der Waals surface area (Å²) in [7, 11) is 0. The van der Waals surface area contributed by atoms with E-state index >= 15 is 0 Å². The highest BCUT2D eigenvalue weighted by atomic mass is 16.5. The van der Waals surface area contributed by atoms with Gasteiger partial charge in [0, 0.05) is 12.0 Å². The number of aliphatic carboxylic acids is 1. The Morgan fingerprint density at radius 1 is 1.47 bits per heavy atom. The third-order valence-electron chi connectivity index (χ3n) is 3.51. The molecule has 2 N–H and O–H groups in total. The average Bonchev–Trinajstić information content (AvgIpc) is 2.82. The van der Waals surface area contributed by atoms with Crippen molar-refractivity contribution in [2.45, 2.75) is 39.2 Å². The van der Waals surface area contributed by atoms with Crippen LogP contribution in [0.2, 0.25) is 0 Å². The van der Waals surface area contributed by atoms with Gasteiger partial charge >= 0.3 is 5.97 Å². The SMILES string of the molecule is Cc1cc(CNC(=O)[C@H]2CCC[C@H](C(=O)O)C2)on1.